The Labute approximate surface area is 192 Å². The maximum absolute atomic E-state index is 12.6. The van der Waals surface area contributed by atoms with Crippen LogP contribution in [0.25, 0.3) is 22.3 Å². The molecule has 2 unspecified atom stereocenters. The summed E-state index contributed by atoms with van der Waals surface area (Å²) >= 11 is 1.59. The molecule has 1 aliphatic heterocycles. The Hall–Kier alpha value is -3.19. The zero-order valence-corrected chi connectivity index (χ0v) is 19.1. The number of para-hydroxylation sites is 1. The molecule has 0 spiro atoms. The highest BCUT2D eigenvalue weighted by molar-refractivity contribution is 7.13. The lowest BCUT2D eigenvalue weighted by Crippen LogP contribution is -2.49. The van der Waals surface area contributed by atoms with E-state index < -0.39 is 5.97 Å². The van der Waals surface area contributed by atoms with E-state index in [2.05, 4.69) is 0 Å². The molecule has 0 saturated carbocycles. The van der Waals surface area contributed by atoms with E-state index in [1.54, 1.807) is 22.1 Å². The third-order valence-corrected chi connectivity index (χ3v) is 6.61. The molecule has 3 aromatic rings. The number of ether oxygens (including phenoxy) is 1. The third-order valence-electron chi connectivity index (χ3n) is 5.74. The molecule has 0 radical (unpaired) electrons. The topological polar surface area (TPSA) is 64.4 Å². The van der Waals surface area contributed by atoms with Gasteiger partial charge in [-0.2, -0.15) is 5.10 Å². The van der Waals surface area contributed by atoms with Gasteiger partial charge in [-0.3, -0.25) is 4.79 Å². The molecule has 6 nitrogen and oxygen atoms in total. The van der Waals surface area contributed by atoms with E-state index in [1.165, 1.54) is 6.08 Å². The molecule has 32 heavy (non-hydrogen) atoms. The first-order valence-corrected chi connectivity index (χ1v) is 11.8. The van der Waals surface area contributed by atoms with Crippen molar-refractivity contribution in [2.45, 2.75) is 45.2 Å². The van der Waals surface area contributed by atoms with Crippen molar-refractivity contribution >= 4 is 29.3 Å². The van der Waals surface area contributed by atoms with E-state index in [0.29, 0.717) is 0 Å². The van der Waals surface area contributed by atoms with Gasteiger partial charge in [0.2, 0.25) is 0 Å². The molecule has 1 fully saturated rings. The van der Waals surface area contributed by atoms with Crippen LogP contribution in [0.15, 0.2) is 60.1 Å². The van der Waals surface area contributed by atoms with Crippen LogP contribution in [-0.4, -0.2) is 45.2 Å². The standard InChI is InChI=1S/C25H27N3O3S/c1-18-8-6-9-19(2)28(18)23(29)17-31-24(30)14-13-20-16-27(21-10-4-3-5-11-21)26-25(20)22-12-7-15-32-22/h3-5,7,10-16,18-19H,6,8-9,17H2,1-2H3. The highest BCUT2D eigenvalue weighted by Crippen LogP contribution is 2.28. The van der Waals surface area contributed by atoms with Crippen LogP contribution in [0, 0.1) is 0 Å². The summed E-state index contributed by atoms with van der Waals surface area (Å²) < 4.78 is 7.05. The predicted molar refractivity (Wildman–Crippen MR) is 126 cm³/mol. The van der Waals surface area contributed by atoms with Gasteiger partial charge in [0.25, 0.3) is 5.91 Å². The van der Waals surface area contributed by atoms with Gasteiger partial charge in [0.05, 0.1) is 10.6 Å². The van der Waals surface area contributed by atoms with E-state index >= 15 is 0 Å². The summed E-state index contributed by atoms with van der Waals surface area (Å²) in [5.41, 5.74) is 2.53. The summed E-state index contributed by atoms with van der Waals surface area (Å²) in [6.07, 6.45) is 8.04. The molecule has 1 aliphatic rings. The Morgan fingerprint density at radius 1 is 1.12 bits per heavy atom. The van der Waals surface area contributed by atoms with E-state index in [9.17, 15) is 9.59 Å². The molecule has 1 saturated heterocycles. The minimum atomic E-state index is -0.541. The molecule has 1 aromatic carbocycles. The van der Waals surface area contributed by atoms with Crippen molar-refractivity contribution in [2.75, 3.05) is 6.61 Å². The average molecular weight is 450 g/mol. The summed E-state index contributed by atoms with van der Waals surface area (Å²) in [5, 5.41) is 6.71. The number of thiophene rings is 1. The van der Waals surface area contributed by atoms with Crippen molar-refractivity contribution in [1.29, 1.82) is 0 Å². The first-order valence-electron chi connectivity index (χ1n) is 10.9. The number of benzene rings is 1. The number of likely N-dealkylation sites (tertiary alicyclic amines) is 1. The number of hydrogen-bond donors (Lipinski definition) is 0. The van der Waals surface area contributed by atoms with Crippen LogP contribution in [-0.2, 0) is 14.3 Å². The molecule has 2 atom stereocenters. The van der Waals surface area contributed by atoms with Gasteiger partial charge in [-0.25, -0.2) is 9.48 Å². The molecular weight excluding hydrogens is 422 g/mol. The molecule has 0 bridgehead atoms. The molecule has 2 aromatic heterocycles. The minimum Gasteiger partial charge on any atom is -0.452 e. The summed E-state index contributed by atoms with van der Waals surface area (Å²) in [7, 11) is 0. The zero-order valence-electron chi connectivity index (χ0n) is 18.3. The van der Waals surface area contributed by atoms with E-state index in [0.717, 1.165) is 41.1 Å². The number of piperidine rings is 1. The summed E-state index contributed by atoms with van der Waals surface area (Å²) in [5.74, 6) is -0.678. The summed E-state index contributed by atoms with van der Waals surface area (Å²) in [6, 6.07) is 14.1. The quantitative estimate of drug-likeness (QED) is 0.395. The molecule has 0 N–H and O–H groups in total. The second kappa shape index (κ2) is 9.96. The molecule has 7 heteroatoms. The van der Waals surface area contributed by atoms with Crippen LogP contribution in [0.4, 0.5) is 0 Å². The third kappa shape index (κ3) is 4.99. The fourth-order valence-corrected chi connectivity index (χ4v) is 4.88. The van der Waals surface area contributed by atoms with Crippen molar-refractivity contribution in [3.05, 3.63) is 65.7 Å². The molecule has 0 aliphatic carbocycles. The number of hydrogen-bond acceptors (Lipinski definition) is 5. The van der Waals surface area contributed by atoms with Gasteiger partial charge in [-0.05, 0) is 62.8 Å². The number of rotatable bonds is 6. The lowest BCUT2D eigenvalue weighted by molar-refractivity contribution is -0.151. The van der Waals surface area contributed by atoms with Crippen LogP contribution in [0.1, 0.15) is 38.7 Å². The fourth-order valence-electron chi connectivity index (χ4n) is 4.15. The van der Waals surface area contributed by atoms with Crippen molar-refractivity contribution in [3.63, 3.8) is 0 Å². The second-order valence-corrected chi connectivity index (χ2v) is 9.01. The Morgan fingerprint density at radius 3 is 2.56 bits per heavy atom. The van der Waals surface area contributed by atoms with Crippen LogP contribution in [0.5, 0.6) is 0 Å². The number of nitrogens with zero attached hydrogens (tertiary/aromatic N) is 3. The highest BCUT2D eigenvalue weighted by Gasteiger charge is 2.29. The monoisotopic (exact) mass is 449 g/mol. The van der Waals surface area contributed by atoms with E-state index in [-0.39, 0.29) is 24.6 Å². The van der Waals surface area contributed by atoms with Gasteiger partial charge in [-0.1, -0.05) is 24.3 Å². The Bertz CT molecular complexity index is 1080. The van der Waals surface area contributed by atoms with Crippen LogP contribution < -0.4 is 0 Å². The van der Waals surface area contributed by atoms with Gasteiger partial charge in [0.15, 0.2) is 6.61 Å². The highest BCUT2D eigenvalue weighted by atomic mass is 32.1. The van der Waals surface area contributed by atoms with Crippen molar-refractivity contribution in [3.8, 4) is 16.3 Å². The molecule has 1 amide bonds. The molecule has 3 heterocycles. The molecule has 4 rings (SSSR count). The van der Waals surface area contributed by atoms with Crippen molar-refractivity contribution < 1.29 is 14.3 Å². The predicted octanol–water partition coefficient (Wildman–Crippen LogP) is 4.95. The van der Waals surface area contributed by atoms with Gasteiger partial charge in [0.1, 0.15) is 5.69 Å². The number of esters is 1. The van der Waals surface area contributed by atoms with Gasteiger partial charge in [0, 0.05) is 29.9 Å². The smallest absolute Gasteiger partial charge is 0.331 e. The zero-order chi connectivity index (χ0) is 22.5. The van der Waals surface area contributed by atoms with Crippen LogP contribution >= 0.6 is 11.3 Å². The van der Waals surface area contributed by atoms with Crippen molar-refractivity contribution in [1.82, 2.24) is 14.7 Å². The van der Waals surface area contributed by atoms with Crippen LogP contribution in [0.2, 0.25) is 0 Å². The number of aromatic nitrogens is 2. The number of carbonyl (C=O) groups is 2. The first kappa shape index (κ1) is 22.0. The van der Waals surface area contributed by atoms with Crippen LogP contribution in [0.3, 0.4) is 0 Å². The Kier molecular flexibility index (Phi) is 6.85. The number of carbonyl (C=O) groups excluding carboxylic acids is 2. The van der Waals surface area contributed by atoms with Gasteiger partial charge >= 0.3 is 5.97 Å². The maximum Gasteiger partial charge on any atom is 0.331 e. The summed E-state index contributed by atoms with van der Waals surface area (Å²) in [6.45, 7) is 3.86. The largest absolute Gasteiger partial charge is 0.452 e. The molecule has 166 valence electrons. The van der Waals surface area contributed by atoms with E-state index in [1.807, 2.05) is 72.8 Å². The fraction of sp³-hybridized carbons (Fsp3) is 0.320. The van der Waals surface area contributed by atoms with Crippen molar-refractivity contribution in [2.24, 2.45) is 0 Å². The average Bonchev–Trinajstić information content (AvgIpc) is 3.46. The SMILES string of the molecule is CC1CCCC(C)N1C(=O)COC(=O)C=Cc1cn(-c2ccccc2)nc1-c1cccs1. The maximum atomic E-state index is 12.6. The lowest BCUT2D eigenvalue weighted by atomic mass is 9.97. The second-order valence-electron chi connectivity index (χ2n) is 8.06. The Morgan fingerprint density at radius 2 is 1.88 bits per heavy atom. The minimum absolute atomic E-state index is 0.136. The van der Waals surface area contributed by atoms with E-state index in [4.69, 9.17) is 9.84 Å². The lowest BCUT2D eigenvalue weighted by Gasteiger charge is -2.38. The Balaban J connectivity index is 1.46. The normalized spacial score (nSPS) is 18.8. The van der Waals surface area contributed by atoms with Gasteiger partial charge < -0.3 is 9.64 Å². The summed E-state index contributed by atoms with van der Waals surface area (Å²) in [4.78, 5) is 27.8. The molecular formula is C25H27N3O3S. The van der Waals surface area contributed by atoms with Gasteiger partial charge in [-0.15, -0.1) is 11.3 Å². The first-order chi connectivity index (χ1) is 15.5. The number of amides is 1.